The molecule has 0 saturated carbocycles. The summed E-state index contributed by atoms with van der Waals surface area (Å²) < 4.78 is 40.2. The van der Waals surface area contributed by atoms with E-state index in [2.05, 4.69) is 15.3 Å². The summed E-state index contributed by atoms with van der Waals surface area (Å²) in [4.78, 5) is 20.3. The molecule has 0 aliphatic rings. The lowest BCUT2D eigenvalue weighted by Gasteiger charge is -2.14. The van der Waals surface area contributed by atoms with Crippen molar-refractivity contribution in [3.63, 3.8) is 0 Å². The molecule has 3 aromatic carbocycles. The molecule has 0 spiro atoms. The summed E-state index contributed by atoms with van der Waals surface area (Å²) in [6.07, 6.45) is 0.478. The van der Waals surface area contributed by atoms with E-state index in [1.54, 1.807) is 24.3 Å². The highest BCUT2D eigenvalue weighted by Crippen LogP contribution is 2.42. The molecule has 9 N–H and O–H groups in total. The Balaban J connectivity index is 1.55. The Labute approximate surface area is 266 Å². The van der Waals surface area contributed by atoms with E-state index in [1.165, 1.54) is 6.07 Å². The SMILES string of the molecule is CCOCCOCCOCCCNC(=O)Cc1cc(-c2nc3cc(C(=N)N)ccc3[nH]2)c(O)c(-c2cc(S(N)(=O)=O)ccc2O)c1. The number of phenolic OH excluding ortho intramolecular Hbond substituents is 2. The normalized spacial score (nSPS) is 11.6. The summed E-state index contributed by atoms with van der Waals surface area (Å²) in [6.45, 7) is 5.27. The van der Waals surface area contributed by atoms with Crippen LogP contribution < -0.4 is 16.2 Å². The number of ether oxygens (including phenoxy) is 3. The van der Waals surface area contributed by atoms with Crippen molar-refractivity contribution in [3.8, 4) is 34.0 Å². The lowest BCUT2D eigenvalue weighted by atomic mass is 9.95. The number of rotatable bonds is 17. The van der Waals surface area contributed by atoms with Crippen molar-refractivity contribution in [2.75, 3.05) is 46.2 Å². The van der Waals surface area contributed by atoms with Gasteiger partial charge in [0.05, 0.1) is 54.3 Å². The van der Waals surface area contributed by atoms with Crippen LogP contribution in [-0.2, 0) is 35.4 Å². The molecule has 0 fully saturated rings. The van der Waals surface area contributed by atoms with Gasteiger partial charge in [-0.1, -0.05) is 0 Å². The number of H-pyrrole nitrogens is 1. The summed E-state index contributed by atoms with van der Waals surface area (Å²) in [5.74, 6) is -0.844. The van der Waals surface area contributed by atoms with Crippen molar-refractivity contribution in [2.24, 2.45) is 10.9 Å². The smallest absolute Gasteiger partial charge is 0.238 e. The number of amidine groups is 1. The fraction of sp³-hybridized carbons (Fsp3) is 0.323. The Morgan fingerprint density at radius 1 is 0.957 bits per heavy atom. The minimum absolute atomic E-state index is 0.0125. The zero-order valence-electron chi connectivity index (χ0n) is 25.3. The molecular weight excluding hydrogens is 616 g/mol. The lowest BCUT2D eigenvalue weighted by Crippen LogP contribution is -2.27. The first-order valence-electron chi connectivity index (χ1n) is 14.5. The van der Waals surface area contributed by atoms with E-state index in [-0.39, 0.29) is 57.1 Å². The van der Waals surface area contributed by atoms with Crippen molar-refractivity contribution in [1.29, 1.82) is 5.41 Å². The van der Waals surface area contributed by atoms with Crippen LogP contribution in [0.15, 0.2) is 53.4 Å². The highest BCUT2D eigenvalue weighted by molar-refractivity contribution is 7.89. The van der Waals surface area contributed by atoms with E-state index in [4.69, 9.17) is 30.5 Å². The maximum atomic E-state index is 12.9. The van der Waals surface area contributed by atoms with Crippen LogP contribution in [-0.4, -0.2) is 86.5 Å². The fourth-order valence-corrected chi connectivity index (χ4v) is 5.16. The molecule has 15 heteroatoms. The molecule has 14 nitrogen and oxygen atoms in total. The summed E-state index contributed by atoms with van der Waals surface area (Å²) in [5.41, 5.74) is 7.85. The molecule has 0 bridgehead atoms. The van der Waals surface area contributed by atoms with Crippen LogP contribution in [0.2, 0.25) is 0 Å². The van der Waals surface area contributed by atoms with Crippen LogP contribution in [0.4, 0.5) is 0 Å². The number of fused-ring (bicyclic) bond motifs is 1. The van der Waals surface area contributed by atoms with E-state index < -0.39 is 10.0 Å². The number of carbonyl (C=O) groups is 1. The number of nitrogens with zero attached hydrogens (tertiary/aromatic N) is 1. The largest absolute Gasteiger partial charge is 0.507 e. The van der Waals surface area contributed by atoms with Crippen LogP contribution in [0.25, 0.3) is 33.5 Å². The minimum Gasteiger partial charge on any atom is -0.507 e. The van der Waals surface area contributed by atoms with Crippen LogP contribution in [0.3, 0.4) is 0 Å². The second-order valence-electron chi connectivity index (χ2n) is 10.3. The number of amides is 1. The van der Waals surface area contributed by atoms with E-state index in [0.29, 0.717) is 74.8 Å². The van der Waals surface area contributed by atoms with Gasteiger partial charge >= 0.3 is 0 Å². The Hall–Kier alpha value is -4.54. The van der Waals surface area contributed by atoms with Gasteiger partial charge in [-0.05, 0) is 67.4 Å². The zero-order chi connectivity index (χ0) is 33.3. The third-order valence-electron chi connectivity index (χ3n) is 6.91. The molecule has 0 aliphatic carbocycles. The maximum absolute atomic E-state index is 12.9. The molecule has 0 aliphatic heterocycles. The highest BCUT2D eigenvalue weighted by atomic mass is 32.2. The Morgan fingerprint density at radius 3 is 2.35 bits per heavy atom. The first-order valence-corrected chi connectivity index (χ1v) is 16.1. The van der Waals surface area contributed by atoms with Crippen molar-refractivity contribution < 1.29 is 37.6 Å². The number of imidazole rings is 1. The predicted octanol–water partition coefficient (Wildman–Crippen LogP) is 2.36. The average molecular weight is 655 g/mol. The zero-order valence-corrected chi connectivity index (χ0v) is 26.2. The molecule has 46 heavy (non-hydrogen) atoms. The summed E-state index contributed by atoms with van der Waals surface area (Å²) in [5, 5.41) is 38.0. The summed E-state index contributed by atoms with van der Waals surface area (Å²) >= 11 is 0. The number of nitrogens with two attached hydrogens (primary N) is 2. The van der Waals surface area contributed by atoms with Gasteiger partial charge in [-0.3, -0.25) is 10.2 Å². The molecule has 4 aromatic rings. The Morgan fingerprint density at radius 2 is 1.65 bits per heavy atom. The number of aromatic hydroxyl groups is 2. The summed E-state index contributed by atoms with van der Waals surface area (Å²) in [7, 11) is -4.13. The van der Waals surface area contributed by atoms with Crippen LogP contribution in [0.5, 0.6) is 11.5 Å². The van der Waals surface area contributed by atoms with E-state index in [9.17, 15) is 23.4 Å². The molecule has 1 heterocycles. The molecule has 4 rings (SSSR count). The minimum atomic E-state index is -4.13. The van der Waals surface area contributed by atoms with Crippen molar-refractivity contribution in [3.05, 3.63) is 59.7 Å². The van der Waals surface area contributed by atoms with E-state index in [1.807, 2.05) is 6.92 Å². The van der Waals surface area contributed by atoms with Gasteiger partial charge in [0, 0.05) is 36.4 Å². The molecule has 0 atom stereocenters. The van der Waals surface area contributed by atoms with Gasteiger partial charge in [0.1, 0.15) is 23.2 Å². The third-order valence-corrected chi connectivity index (χ3v) is 7.82. The average Bonchev–Trinajstić information content (AvgIpc) is 3.44. The second-order valence-corrected chi connectivity index (χ2v) is 11.9. The van der Waals surface area contributed by atoms with Gasteiger partial charge < -0.3 is 40.5 Å². The van der Waals surface area contributed by atoms with E-state index in [0.717, 1.165) is 18.2 Å². The number of aromatic nitrogens is 2. The number of primary sulfonamides is 1. The van der Waals surface area contributed by atoms with Crippen LogP contribution in [0.1, 0.15) is 24.5 Å². The third kappa shape index (κ3) is 9.02. The second kappa shape index (κ2) is 15.6. The van der Waals surface area contributed by atoms with Gasteiger partial charge in [-0.2, -0.15) is 0 Å². The molecule has 0 radical (unpaired) electrons. The maximum Gasteiger partial charge on any atom is 0.238 e. The number of phenols is 2. The Kier molecular flexibility index (Phi) is 11.7. The molecule has 246 valence electrons. The Bertz CT molecular complexity index is 1810. The molecule has 1 amide bonds. The molecule has 0 unspecified atom stereocenters. The highest BCUT2D eigenvalue weighted by Gasteiger charge is 2.21. The molecule has 1 aromatic heterocycles. The van der Waals surface area contributed by atoms with Crippen LogP contribution in [0, 0.1) is 5.41 Å². The van der Waals surface area contributed by atoms with Crippen molar-refractivity contribution >= 4 is 32.8 Å². The monoisotopic (exact) mass is 654 g/mol. The quantitative estimate of drug-likeness (QED) is 0.0498. The number of benzene rings is 3. The van der Waals surface area contributed by atoms with Crippen molar-refractivity contribution in [1.82, 2.24) is 15.3 Å². The fourth-order valence-electron chi connectivity index (χ4n) is 4.63. The number of nitrogen functional groups attached to an aromatic ring is 1. The topological polar surface area (TPSA) is 236 Å². The number of sulfonamides is 1. The number of hydrogen-bond donors (Lipinski definition) is 7. The van der Waals surface area contributed by atoms with Crippen LogP contribution >= 0.6 is 0 Å². The number of nitrogens with one attached hydrogen (secondary N) is 3. The number of hydrogen-bond acceptors (Lipinski definition) is 10. The van der Waals surface area contributed by atoms with Gasteiger partial charge in [0.2, 0.25) is 15.9 Å². The first-order chi connectivity index (χ1) is 22.0. The van der Waals surface area contributed by atoms with Gasteiger partial charge in [-0.15, -0.1) is 0 Å². The first kappa shape index (κ1) is 34.3. The van der Waals surface area contributed by atoms with E-state index >= 15 is 0 Å². The molecular formula is C31H38N6O8S. The lowest BCUT2D eigenvalue weighted by molar-refractivity contribution is -0.120. The standard InChI is InChI=1S/C31H38N6O8S/c1-2-43-10-11-45-13-12-44-9-3-8-35-28(39)16-19-14-23(22-18-21(46(34,41)42)5-7-27(22)38)29(40)24(15-19)31-36-25-6-4-20(30(32)33)17-26(25)37-31/h4-7,14-15,17-18,38,40H,2-3,8-13,16H2,1H3,(H3,32,33)(H,35,39)(H,36,37)(H2,34,41,42). The van der Waals surface area contributed by atoms with Gasteiger partial charge in [-0.25, -0.2) is 18.5 Å². The number of carbonyl (C=O) groups excluding carboxylic acids is 1. The van der Waals surface area contributed by atoms with Gasteiger partial charge in [0.25, 0.3) is 0 Å². The van der Waals surface area contributed by atoms with Gasteiger partial charge in [0.15, 0.2) is 0 Å². The molecule has 0 saturated heterocycles. The summed E-state index contributed by atoms with van der Waals surface area (Å²) in [6, 6.07) is 11.5. The predicted molar refractivity (Wildman–Crippen MR) is 172 cm³/mol. The number of aromatic amines is 1. The van der Waals surface area contributed by atoms with Crippen molar-refractivity contribution in [2.45, 2.75) is 24.7 Å².